The molecule has 5 saturated heterocycles. The number of amides is 4. The van der Waals surface area contributed by atoms with E-state index in [-0.39, 0.29) is 58.4 Å². The smallest absolute Gasteiger partial charge is 0.381 e. The number of hydrogen-bond donors (Lipinski definition) is 0. The highest BCUT2D eigenvalue weighted by Crippen LogP contribution is 2.41. The number of nitrogens with zero attached hydrogens (tertiary/aromatic N) is 6. The summed E-state index contributed by atoms with van der Waals surface area (Å²) in [7, 11) is -0.199. The van der Waals surface area contributed by atoms with E-state index in [4.69, 9.17) is 51.1 Å². The molecule has 4 aromatic carbocycles. The summed E-state index contributed by atoms with van der Waals surface area (Å²) in [6.07, 6.45) is -3.61. The van der Waals surface area contributed by atoms with Crippen molar-refractivity contribution < 1.29 is 58.7 Å². The second-order valence-electron chi connectivity index (χ2n) is 22.2. The van der Waals surface area contributed by atoms with E-state index < -0.39 is 67.4 Å². The fourth-order valence-corrected chi connectivity index (χ4v) is 14.8. The van der Waals surface area contributed by atoms with Crippen LogP contribution in [-0.2, 0) is 36.7 Å². The number of carbonyl (C=O) groups is 4. The first-order chi connectivity index (χ1) is 38.8. The molecule has 1 saturated carbocycles. The molecule has 6 aliphatic rings. The molecule has 5 heterocycles. The maximum Gasteiger partial charge on any atom is 0.417 e. The third-order valence-electron chi connectivity index (χ3n) is 17.2. The van der Waals surface area contributed by atoms with E-state index in [2.05, 4.69) is 4.90 Å². The van der Waals surface area contributed by atoms with Gasteiger partial charge in [-0.3, -0.25) is 19.2 Å². The van der Waals surface area contributed by atoms with Crippen LogP contribution in [0.1, 0.15) is 106 Å². The van der Waals surface area contributed by atoms with Crippen LogP contribution in [0.4, 0.5) is 26.3 Å². The summed E-state index contributed by atoms with van der Waals surface area (Å²) in [6, 6.07) is 20.2. The summed E-state index contributed by atoms with van der Waals surface area (Å²) in [6.45, 7) is 5.10. The van der Waals surface area contributed by atoms with E-state index in [1.54, 1.807) is 36.2 Å². The first-order valence-corrected chi connectivity index (χ1v) is 30.5. The number of carbonyl (C=O) groups excluding carboxylic acids is 4. The average Bonchev–Trinajstić information content (AvgIpc) is 4.33. The lowest BCUT2D eigenvalue weighted by molar-refractivity contribution is -0.138. The van der Waals surface area contributed by atoms with E-state index in [1.807, 2.05) is 29.2 Å². The van der Waals surface area contributed by atoms with Crippen molar-refractivity contribution >= 4 is 80.1 Å². The minimum Gasteiger partial charge on any atom is -0.381 e. The predicted octanol–water partition coefficient (Wildman–Crippen LogP) is 11.3. The Bertz CT molecular complexity index is 3080. The number of rotatable bonds is 11. The van der Waals surface area contributed by atoms with Crippen LogP contribution in [0, 0.1) is 11.8 Å². The molecular weight excluding hydrogens is 1180 g/mol. The normalized spacial score (nSPS) is 22.9. The Balaban J connectivity index is 0.000000198. The van der Waals surface area contributed by atoms with Crippen LogP contribution in [0.3, 0.4) is 0 Å². The fraction of sp³-hybridized carbons (Fsp3) is 0.517. The Hall–Kier alpha value is -4.67. The van der Waals surface area contributed by atoms with Crippen LogP contribution in [0.25, 0.3) is 0 Å². The molecule has 0 spiro atoms. The monoisotopic (exact) mass is 1240 g/mol. The molecular formula is C58H64Cl4F6N6O7S. The second-order valence-corrected chi connectivity index (χ2v) is 26.1. The van der Waals surface area contributed by atoms with Crippen LogP contribution in [-0.4, -0.2) is 164 Å². The molecule has 13 nitrogen and oxygen atoms in total. The molecule has 4 unspecified atom stereocenters. The van der Waals surface area contributed by atoms with E-state index in [9.17, 15) is 53.9 Å². The van der Waals surface area contributed by atoms with Crippen LogP contribution < -0.4 is 0 Å². The third-order valence-corrected chi connectivity index (χ3v) is 20.7. The number of halogens is 10. The summed E-state index contributed by atoms with van der Waals surface area (Å²) in [5.41, 5.74) is -0.658. The van der Waals surface area contributed by atoms with Gasteiger partial charge in [0.25, 0.3) is 11.8 Å². The van der Waals surface area contributed by atoms with Crippen LogP contribution >= 0.6 is 46.4 Å². The number of likely N-dealkylation sites (N-methyl/N-ethyl adjacent to an activating group) is 2. The Morgan fingerprint density at radius 1 is 0.537 bits per heavy atom. The average molecular weight is 1250 g/mol. The molecule has 24 heteroatoms. The molecule has 1 aliphatic carbocycles. The molecule has 0 radical (unpaired) electrons. The molecule has 4 amide bonds. The van der Waals surface area contributed by atoms with Gasteiger partial charge in [0.05, 0.1) is 38.5 Å². The Morgan fingerprint density at radius 3 is 1.30 bits per heavy atom. The molecule has 4 atom stereocenters. The van der Waals surface area contributed by atoms with Gasteiger partial charge in [0.2, 0.25) is 21.8 Å². The van der Waals surface area contributed by atoms with Crippen molar-refractivity contribution in [2.45, 2.75) is 98.9 Å². The zero-order valence-electron chi connectivity index (χ0n) is 45.2. The van der Waals surface area contributed by atoms with Gasteiger partial charge in [-0.2, -0.15) is 26.3 Å². The quantitative estimate of drug-likeness (QED) is 0.136. The van der Waals surface area contributed by atoms with E-state index in [1.165, 1.54) is 33.3 Å². The van der Waals surface area contributed by atoms with Gasteiger partial charge in [0.15, 0.2) is 0 Å². The van der Waals surface area contributed by atoms with Gasteiger partial charge < -0.3 is 29.2 Å². The molecule has 0 N–H and O–H groups in total. The zero-order valence-corrected chi connectivity index (χ0v) is 49.0. The SMILES string of the molecule is CN(C(=O)c1ccc(Cl)c(C(F)(F)F)c1)C1CN(C(=O)C2CCN(C3CCOCC3)CC2)CC1c1ccc(Cl)cc1.CN(C(=O)c1ccc(Cl)c(C(F)(F)F)c1)C1CN(C(=O)C2CCN(S(=O)(=O)C3CC3)CC2)CC1c1ccc(Cl)cc1. The summed E-state index contributed by atoms with van der Waals surface area (Å²) in [5, 5.41) is -0.164. The lowest BCUT2D eigenvalue weighted by atomic mass is 9.92. The maximum atomic E-state index is 13.7. The van der Waals surface area contributed by atoms with Gasteiger partial charge in [-0.05, 0) is 136 Å². The molecule has 82 heavy (non-hydrogen) atoms. The summed E-state index contributed by atoms with van der Waals surface area (Å²) in [4.78, 5) is 63.1. The summed E-state index contributed by atoms with van der Waals surface area (Å²) in [5.74, 6) is -2.19. The van der Waals surface area contributed by atoms with Crippen molar-refractivity contribution in [3.8, 4) is 0 Å². The van der Waals surface area contributed by atoms with Crippen LogP contribution in [0.5, 0.6) is 0 Å². The van der Waals surface area contributed by atoms with Crippen LogP contribution in [0.15, 0.2) is 84.9 Å². The van der Waals surface area contributed by atoms with Gasteiger partial charge >= 0.3 is 12.4 Å². The van der Waals surface area contributed by atoms with E-state index in [0.717, 1.165) is 87.4 Å². The van der Waals surface area contributed by atoms with Gasteiger partial charge in [0.1, 0.15) is 0 Å². The van der Waals surface area contributed by atoms with Crippen molar-refractivity contribution in [1.82, 2.24) is 28.8 Å². The highest BCUT2D eigenvalue weighted by Gasteiger charge is 2.47. The molecule has 0 aromatic heterocycles. The maximum absolute atomic E-state index is 13.7. The van der Waals surface area contributed by atoms with Crippen molar-refractivity contribution in [2.24, 2.45) is 11.8 Å². The van der Waals surface area contributed by atoms with Crippen molar-refractivity contribution in [3.05, 3.63) is 138 Å². The molecule has 444 valence electrons. The predicted molar refractivity (Wildman–Crippen MR) is 301 cm³/mol. The zero-order chi connectivity index (χ0) is 59.0. The van der Waals surface area contributed by atoms with Gasteiger partial charge in [0, 0.05) is 117 Å². The Morgan fingerprint density at radius 2 is 0.927 bits per heavy atom. The Kier molecular flexibility index (Phi) is 19.2. The van der Waals surface area contributed by atoms with Gasteiger partial charge in [-0.25, -0.2) is 12.7 Å². The van der Waals surface area contributed by atoms with Crippen molar-refractivity contribution in [3.63, 3.8) is 0 Å². The molecule has 0 bridgehead atoms. The van der Waals surface area contributed by atoms with E-state index in [0.29, 0.717) is 74.5 Å². The first kappa shape index (κ1) is 61.9. The number of sulfonamides is 1. The molecule has 10 rings (SSSR count). The largest absolute Gasteiger partial charge is 0.417 e. The summed E-state index contributed by atoms with van der Waals surface area (Å²) < 4.78 is 113. The lowest BCUT2D eigenvalue weighted by Crippen LogP contribution is -2.47. The minimum absolute atomic E-state index is 0.0739. The first-order valence-electron chi connectivity index (χ1n) is 27.5. The number of piperidine rings is 2. The summed E-state index contributed by atoms with van der Waals surface area (Å²) >= 11 is 23.7. The number of benzene rings is 4. The van der Waals surface area contributed by atoms with E-state index >= 15 is 0 Å². The third kappa shape index (κ3) is 14.0. The number of hydrogen-bond acceptors (Lipinski definition) is 8. The second kappa shape index (κ2) is 25.5. The number of alkyl halides is 6. The molecule has 5 aliphatic heterocycles. The van der Waals surface area contributed by atoms with Crippen molar-refractivity contribution in [1.29, 1.82) is 0 Å². The van der Waals surface area contributed by atoms with Gasteiger partial charge in [-0.15, -0.1) is 0 Å². The fourth-order valence-electron chi connectivity index (χ4n) is 12.3. The highest BCUT2D eigenvalue weighted by molar-refractivity contribution is 7.90. The minimum atomic E-state index is -4.72. The number of ether oxygens (including phenoxy) is 1. The van der Waals surface area contributed by atoms with Crippen molar-refractivity contribution in [2.75, 3.05) is 79.7 Å². The molecule has 4 aromatic rings. The van der Waals surface area contributed by atoms with Gasteiger partial charge in [-0.1, -0.05) is 70.7 Å². The highest BCUT2D eigenvalue weighted by atomic mass is 35.5. The standard InChI is InChI=1S/C30H34Cl2F3N3O3.C28H30Cl2F3N3O4S/c1-36(28(39)21-4-7-26(32)25(16-21)30(33,34)35)27-18-38(17-24(27)19-2-5-22(31)6-3-19)29(40)20-8-12-37(13-9-20)23-10-14-41-15-11-23;1-34(26(37)19-4-9-24(30)23(14-19)28(31,32)33)25-16-35(15-22(25)17-2-5-20(29)6-3-17)27(38)18-10-12-36(13-11-18)41(39,40)21-7-8-21/h2-7,16,20,23-24,27H,8-15,17-18H2,1H3;2-6,9,14,18,21-22,25H,7-8,10-13,15-16H2,1H3. The lowest BCUT2D eigenvalue weighted by Gasteiger charge is -2.39. The topological polar surface area (TPSA) is 131 Å². The molecule has 6 fully saturated rings. The number of likely N-dealkylation sites (tertiary alicyclic amines) is 3. The Labute approximate surface area is 493 Å². The van der Waals surface area contributed by atoms with Crippen LogP contribution in [0.2, 0.25) is 20.1 Å².